The number of halogens is 1. The van der Waals surface area contributed by atoms with Crippen LogP contribution in [-0.4, -0.2) is 26.8 Å². The lowest BCUT2D eigenvalue weighted by Crippen LogP contribution is -1.99. The molecule has 0 amide bonds. The van der Waals surface area contributed by atoms with Crippen molar-refractivity contribution in [3.05, 3.63) is 70.9 Å². The Balaban J connectivity index is 2.26. The second-order valence-electron chi connectivity index (χ2n) is 5.30. The van der Waals surface area contributed by atoms with Gasteiger partial charge in [-0.15, -0.1) is 0 Å². The minimum absolute atomic E-state index is 0.295. The summed E-state index contributed by atoms with van der Waals surface area (Å²) in [4.78, 5) is 13.3. The molecule has 0 atom stereocenters. The minimum Gasteiger partial charge on any atom is -0.493 e. The van der Waals surface area contributed by atoms with Crippen molar-refractivity contribution in [2.45, 2.75) is 11.8 Å². The average Bonchev–Trinajstić information content (AvgIpc) is 2.67. The highest BCUT2D eigenvalue weighted by Crippen LogP contribution is 2.30. The average molecular weight is 388 g/mol. The Labute approximate surface area is 162 Å². The van der Waals surface area contributed by atoms with Crippen LogP contribution >= 0.6 is 11.8 Å². The van der Waals surface area contributed by atoms with Crippen molar-refractivity contribution in [3.8, 4) is 11.5 Å². The van der Waals surface area contributed by atoms with Crippen LogP contribution in [0.25, 0.3) is 6.08 Å². The Hall–Kier alpha value is -2.73. The van der Waals surface area contributed by atoms with Gasteiger partial charge in [0.15, 0.2) is 11.5 Å². The van der Waals surface area contributed by atoms with Gasteiger partial charge in [0.05, 0.1) is 20.8 Å². The molecule has 0 bridgehead atoms. The molecule has 2 rings (SSSR count). The van der Waals surface area contributed by atoms with Gasteiger partial charge in [0.1, 0.15) is 5.82 Å². The van der Waals surface area contributed by atoms with Gasteiger partial charge in [-0.05, 0) is 55.0 Å². The predicted molar refractivity (Wildman–Crippen MR) is 106 cm³/mol. The van der Waals surface area contributed by atoms with Gasteiger partial charge < -0.3 is 14.2 Å². The molecule has 0 aliphatic rings. The van der Waals surface area contributed by atoms with Crippen molar-refractivity contribution >= 4 is 23.8 Å². The van der Waals surface area contributed by atoms with Gasteiger partial charge >= 0.3 is 5.97 Å². The molecule has 0 radical (unpaired) electrons. The predicted octanol–water partition coefficient (Wildman–Crippen LogP) is 5.10. The highest BCUT2D eigenvalue weighted by Gasteiger charge is 2.05. The molecule has 0 aromatic heterocycles. The van der Waals surface area contributed by atoms with Crippen LogP contribution in [0.2, 0.25) is 0 Å². The summed E-state index contributed by atoms with van der Waals surface area (Å²) in [6, 6.07) is 11.6. The molecule has 27 heavy (non-hydrogen) atoms. The molecule has 0 N–H and O–H groups in total. The molecule has 0 fully saturated rings. The summed E-state index contributed by atoms with van der Waals surface area (Å²) in [5, 5.41) is 0. The summed E-state index contributed by atoms with van der Waals surface area (Å²) in [5.41, 5.74) is 0.877. The normalized spacial score (nSPS) is 11.5. The molecule has 0 aliphatic carbocycles. The first-order valence-electron chi connectivity index (χ1n) is 8.27. The smallest absolute Gasteiger partial charge is 0.331 e. The van der Waals surface area contributed by atoms with E-state index < -0.39 is 5.97 Å². The van der Waals surface area contributed by atoms with Crippen molar-refractivity contribution in [3.63, 3.8) is 0 Å². The number of allylic oxidation sites excluding steroid dienone is 1. The van der Waals surface area contributed by atoms with Crippen molar-refractivity contribution in [1.29, 1.82) is 0 Å². The summed E-state index contributed by atoms with van der Waals surface area (Å²) in [7, 11) is 3.15. The molecule has 4 nitrogen and oxygen atoms in total. The highest BCUT2D eigenvalue weighted by molar-refractivity contribution is 8.03. The molecule has 142 valence electrons. The first kappa shape index (κ1) is 20.6. The lowest BCUT2D eigenvalue weighted by molar-refractivity contribution is -0.137. The first-order chi connectivity index (χ1) is 13.0. The monoisotopic (exact) mass is 388 g/mol. The van der Waals surface area contributed by atoms with Crippen LogP contribution in [-0.2, 0) is 9.53 Å². The van der Waals surface area contributed by atoms with E-state index in [2.05, 4.69) is 0 Å². The number of esters is 1. The highest BCUT2D eigenvalue weighted by atomic mass is 32.2. The molecule has 0 spiro atoms. The van der Waals surface area contributed by atoms with Gasteiger partial charge in [0.2, 0.25) is 0 Å². The van der Waals surface area contributed by atoms with E-state index in [9.17, 15) is 9.18 Å². The molecule has 6 heteroatoms. The summed E-state index contributed by atoms with van der Waals surface area (Å²) in [6.07, 6.45) is 5.06. The molecule has 0 aliphatic heterocycles. The largest absolute Gasteiger partial charge is 0.493 e. The molecule has 0 heterocycles. The number of thioether (sulfide) groups is 1. The molecule has 0 saturated carbocycles. The maximum Gasteiger partial charge on any atom is 0.331 e. The van der Waals surface area contributed by atoms with E-state index in [1.54, 1.807) is 45.4 Å². The molecule has 0 saturated heterocycles. The lowest BCUT2D eigenvalue weighted by atomic mass is 10.2. The number of benzene rings is 2. The molecule has 2 aromatic rings. The van der Waals surface area contributed by atoms with E-state index in [0.717, 1.165) is 10.5 Å². The van der Waals surface area contributed by atoms with E-state index in [1.165, 1.54) is 30.0 Å². The zero-order valence-corrected chi connectivity index (χ0v) is 16.2. The van der Waals surface area contributed by atoms with Gasteiger partial charge in [-0.1, -0.05) is 23.9 Å². The standard InChI is InChI=1S/C21H21FO4S/c1-4-26-21(23)14-18(27-17-10-7-16(22)8-11-17)9-5-15-6-12-19(24-2)20(13-15)25-3/h5-14H,4H2,1-3H3/b9-5+,18-14+. The van der Waals surface area contributed by atoms with Crippen molar-refractivity contribution in [2.24, 2.45) is 0 Å². The van der Waals surface area contributed by atoms with Crippen LogP contribution in [0.1, 0.15) is 12.5 Å². The van der Waals surface area contributed by atoms with Crippen LogP contribution in [0.15, 0.2) is 64.4 Å². The van der Waals surface area contributed by atoms with Gasteiger partial charge in [0.25, 0.3) is 0 Å². The zero-order chi connectivity index (χ0) is 19.6. The lowest BCUT2D eigenvalue weighted by Gasteiger charge is -2.08. The van der Waals surface area contributed by atoms with Gasteiger partial charge in [0, 0.05) is 15.9 Å². The Morgan fingerprint density at radius 2 is 1.78 bits per heavy atom. The molecular formula is C21H21FO4S. The van der Waals surface area contributed by atoms with Crippen LogP contribution in [0.3, 0.4) is 0 Å². The Bertz CT molecular complexity index is 829. The number of hydrogen-bond acceptors (Lipinski definition) is 5. The van der Waals surface area contributed by atoms with Crippen molar-refractivity contribution < 1.29 is 23.4 Å². The third-order valence-electron chi connectivity index (χ3n) is 3.44. The maximum absolute atomic E-state index is 13.1. The maximum atomic E-state index is 13.1. The zero-order valence-electron chi connectivity index (χ0n) is 15.4. The second kappa shape index (κ2) is 10.4. The number of methoxy groups -OCH3 is 2. The molecule has 2 aromatic carbocycles. The Kier molecular flexibility index (Phi) is 7.95. The van der Waals surface area contributed by atoms with E-state index in [4.69, 9.17) is 14.2 Å². The van der Waals surface area contributed by atoms with Crippen molar-refractivity contribution in [2.75, 3.05) is 20.8 Å². The van der Waals surface area contributed by atoms with Crippen LogP contribution in [0.4, 0.5) is 4.39 Å². The van der Waals surface area contributed by atoms with Gasteiger partial charge in [-0.3, -0.25) is 0 Å². The van der Waals surface area contributed by atoms with E-state index in [1.807, 2.05) is 18.2 Å². The Morgan fingerprint density at radius 1 is 1.07 bits per heavy atom. The quantitative estimate of drug-likeness (QED) is 0.273. The third-order valence-corrected chi connectivity index (χ3v) is 4.44. The van der Waals surface area contributed by atoms with Crippen LogP contribution in [0, 0.1) is 5.82 Å². The van der Waals surface area contributed by atoms with Crippen molar-refractivity contribution in [1.82, 2.24) is 0 Å². The number of carbonyl (C=O) groups excluding carboxylic acids is 1. The first-order valence-corrected chi connectivity index (χ1v) is 9.09. The van der Waals surface area contributed by atoms with Gasteiger partial charge in [-0.2, -0.15) is 0 Å². The number of carbonyl (C=O) groups is 1. The van der Waals surface area contributed by atoms with E-state index >= 15 is 0 Å². The fraction of sp³-hybridized carbons (Fsp3) is 0.190. The SMILES string of the molecule is CCOC(=O)/C=C(\C=C\c1ccc(OC)c(OC)c1)Sc1ccc(F)cc1. The summed E-state index contributed by atoms with van der Waals surface area (Å²) in [6.45, 7) is 2.04. The van der Waals surface area contributed by atoms with Crippen LogP contribution < -0.4 is 9.47 Å². The third kappa shape index (κ3) is 6.49. The Morgan fingerprint density at radius 3 is 2.41 bits per heavy atom. The number of ether oxygens (including phenoxy) is 3. The van der Waals surface area contributed by atoms with Crippen LogP contribution in [0.5, 0.6) is 11.5 Å². The van der Waals surface area contributed by atoms with E-state index in [0.29, 0.717) is 23.0 Å². The topological polar surface area (TPSA) is 44.8 Å². The van der Waals surface area contributed by atoms with Gasteiger partial charge in [-0.25, -0.2) is 9.18 Å². The summed E-state index contributed by atoms with van der Waals surface area (Å²) in [5.74, 6) is 0.509. The summed E-state index contributed by atoms with van der Waals surface area (Å²) >= 11 is 1.34. The fourth-order valence-electron chi connectivity index (χ4n) is 2.19. The number of hydrogen-bond donors (Lipinski definition) is 0. The molecule has 0 unspecified atom stereocenters. The molecular weight excluding hydrogens is 367 g/mol. The fourth-order valence-corrected chi connectivity index (χ4v) is 3.02. The number of rotatable bonds is 8. The summed E-state index contributed by atoms with van der Waals surface area (Å²) < 4.78 is 28.6. The minimum atomic E-state index is -0.431. The second-order valence-corrected chi connectivity index (χ2v) is 6.45. The van der Waals surface area contributed by atoms with E-state index in [-0.39, 0.29) is 5.82 Å².